The van der Waals surface area contributed by atoms with Gasteiger partial charge in [0.05, 0.1) is 0 Å². The summed E-state index contributed by atoms with van der Waals surface area (Å²) in [6.45, 7) is 5.01. The molecule has 2 aromatic rings. The first-order valence-electron chi connectivity index (χ1n) is 10.5. The summed E-state index contributed by atoms with van der Waals surface area (Å²) in [5.74, 6) is 0.541. The van der Waals surface area contributed by atoms with Crippen LogP contribution < -0.4 is 5.32 Å². The van der Waals surface area contributed by atoms with Gasteiger partial charge in [-0.15, -0.1) is 0 Å². The average molecular weight is 393 g/mol. The van der Waals surface area contributed by atoms with Gasteiger partial charge in [-0.1, -0.05) is 6.07 Å². The first-order chi connectivity index (χ1) is 14.1. The number of hydrogen-bond donors (Lipinski definition) is 1. The van der Waals surface area contributed by atoms with Crippen LogP contribution in [0.1, 0.15) is 53.1 Å². The second kappa shape index (κ2) is 8.64. The third-order valence-corrected chi connectivity index (χ3v) is 6.16. The van der Waals surface area contributed by atoms with Crippen LogP contribution in [-0.2, 0) is 0 Å². The van der Waals surface area contributed by atoms with Crippen molar-refractivity contribution >= 4 is 17.6 Å². The highest BCUT2D eigenvalue weighted by Gasteiger charge is 2.25. The molecule has 2 fully saturated rings. The van der Waals surface area contributed by atoms with E-state index in [-0.39, 0.29) is 11.9 Å². The maximum Gasteiger partial charge on any atom is 0.321 e. The Morgan fingerprint density at radius 1 is 0.966 bits per heavy atom. The second-order valence-electron chi connectivity index (χ2n) is 7.95. The molecule has 1 aromatic carbocycles. The summed E-state index contributed by atoms with van der Waals surface area (Å²) in [6, 6.07) is 9.61. The molecule has 0 bridgehead atoms. The predicted octanol–water partition coefficient (Wildman–Crippen LogP) is 4.04. The van der Waals surface area contributed by atoms with Gasteiger partial charge in [-0.3, -0.25) is 9.78 Å². The second-order valence-corrected chi connectivity index (χ2v) is 7.95. The predicted molar refractivity (Wildman–Crippen MR) is 113 cm³/mol. The molecular formula is C23H28N4O2. The van der Waals surface area contributed by atoms with Crippen molar-refractivity contribution in [3.05, 3.63) is 59.4 Å². The van der Waals surface area contributed by atoms with E-state index >= 15 is 0 Å². The summed E-state index contributed by atoms with van der Waals surface area (Å²) < 4.78 is 0. The van der Waals surface area contributed by atoms with Crippen LogP contribution in [0.2, 0.25) is 0 Å². The van der Waals surface area contributed by atoms with Gasteiger partial charge in [-0.2, -0.15) is 0 Å². The Morgan fingerprint density at radius 3 is 2.34 bits per heavy atom. The highest BCUT2D eigenvalue weighted by molar-refractivity contribution is 5.99. The van der Waals surface area contributed by atoms with E-state index in [0.29, 0.717) is 11.5 Å². The number of rotatable bonds is 3. The first kappa shape index (κ1) is 19.4. The van der Waals surface area contributed by atoms with E-state index in [9.17, 15) is 9.59 Å². The summed E-state index contributed by atoms with van der Waals surface area (Å²) in [4.78, 5) is 33.4. The molecule has 1 N–H and O–H groups in total. The third-order valence-electron chi connectivity index (χ3n) is 6.16. The minimum absolute atomic E-state index is 0.0641. The number of likely N-dealkylation sites (tertiary alicyclic amines) is 2. The highest BCUT2D eigenvalue weighted by atomic mass is 16.2. The van der Waals surface area contributed by atoms with Crippen LogP contribution in [0.15, 0.2) is 42.7 Å². The van der Waals surface area contributed by atoms with Gasteiger partial charge in [0.1, 0.15) is 0 Å². The summed E-state index contributed by atoms with van der Waals surface area (Å²) in [7, 11) is 0. The highest BCUT2D eigenvalue weighted by Crippen LogP contribution is 2.28. The molecule has 0 saturated carbocycles. The minimum Gasteiger partial charge on any atom is -0.339 e. The average Bonchev–Trinajstić information content (AvgIpc) is 3.30. The molecule has 0 atom stereocenters. The SMILES string of the molecule is Cc1c(NC(=O)N2CCC(c3ccncc3)CC2)cccc1C(=O)N1CCCC1. The summed E-state index contributed by atoms with van der Waals surface area (Å²) in [6.07, 6.45) is 7.68. The van der Waals surface area contributed by atoms with Crippen LogP contribution >= 0.6 is 0 Å². The van der Waals surface area contributed by atoms with Crippen LogP contribution in [-0.4, -0.2) is 52.9 Å². The quantitative estimate of drug-likeness (QED) is 0.857. The zero-order valence-corrected chi connectivity index (χ0v) is 16.9. The van der Waals surface area contributed by atoms with Crippen LogP contribution in [0.3, 0.4) is 0 Å². The molecule has 2 aliphatic rings. The third kappa shape index (κ3) is 4.26. The molecule has 0 aliphatic carbocycles. The topological polar surface area (TPSA) is 65.5 Å². The van der Waals surface area contributed by atoms with E-state index in [1.54, 1.807) is 0 Å². The zero-order valence-electron chi connectivity index (χ0n) is 16.9. The summed E-state index contributed by atoms with van der Waals surface area (Å²) in [5.41, 5.74) is 3.53. The lowest BCUT2D eigenvalue weighted by Gasteiger charge is -2.32. The number of piperidine rings is 1. The van der Waals surface area contributed by atoms with Crippen molar-refractivity contribution in [1.82, 2.24) is 14.8 Å². The van der Waals surface area contributed by atoms with Gasteiger partial charge in [0, 0.05) is 49.8 Å². The minimum atomic E-state index is -0.0907. The van der Waals surface area contributed by atoms with E-state index < -0.39 is 0 Å². The van der Waals surface area contributed by atoms with E-state index in [4.69, 9.17) is 0 Å². The molecular weight excluding hydrogens is 364 g/mol. The molecule has 1 aromatic heterocycles. The number of carbonyl (C=O) groups is 2. The normalized spacial score (nSPS) is 17.4. The molecule has 4 rings (SSSR count). The lowest BCUT2D eigenvalue weighted by atomic mass is 9.90. The largest absolute Gasteiger partial charge is 0.339 e. The summed E-state index contributed by atoms with van der Waals surface area (Å²) in [5, 5.41) is 3.03. The van der Waals surface area contributed by atoms with Crippen molar-refractivity contribution in [3.63, 3.8) is 0 Å². The Hall–Kier alpha value is -2.89. The van der Waals surface area contributed by atoms with Crippen LogP contribution in [0.4, 0.5) is 10.5 Å². The Bertz CT molecular complexity index is 870. The van der Waals surface area contributed by atoms with E-state index in [1.807, 2.05) is 47.3 Å². The maximum absolute atomic E-state index is 12.8. The zero-order chi connectivity index (χ0) is 20.2. The number of anilines is 1. The van der Waals surface area contributed by atoms with Crippen molar-refractivity contribution in [1.29, 1.82) is 0 Å². The van der Waals surface area contributed by atoms with Crippen molar-refractivity contribution in [2.75, 3.05) is 31.5 Å². The number of carbonyl (C=O) groups excluding carboxylic acids is 2. The fraction of sp³-hybridized carbons (Fsp3) is 0.435. The Morgan fingerprint density at radius 2 is 1.66 bits per heavy atom. The Balaban J connectivity index is 1.39. The Kier molecular flexibility index (Phi) is 5.79. The monoisotopic (exact) mass is 392 g/mol. The molecule has 6 nitrogen and oxygen atoms in total. The van der Waals surface area contributed by atoms with Crippen molar-refractivity contribution in [2.45, 2.75) is 38.5 Å². The molecule has 0 unspecified atom stereocenters. The molecule has 3 heterocycles. The van der Waals surface area contributed by atoms with Crippen molar-refractivity contribution in [3.8, 4) is 0 Å². The molecule has 29 heavy (non-hydrogen) atoms. The van der Waals surface area contributed by atoms with Gasteiger partial charge in [-0.25, -0.2) is 4.79 Å². The van der Waals surface area contributed by atoms with Crippen molar-refractivity contribution in [2.24, 2.45) is 0 Å². The summed E-state index contributed by atoms with van der Waals surface area (Å²) >= 11 is 0. The van der Waals surface area contributed by atoms with Crippen molar-refractivity contribution < 1.29 is 9.59 Å². The van der Waals surface area contributed by atoms with Crippen LogP contribution in [0.25, 0.3) is 0 Å². The molecule has 152 valence electrons. The van der Waals surface area contributed by atoms with Crippen LogP contribution in [0, 0.1) is 6.92 Å². The van der Waals surface area contributed by atoms with Gasteiger partial charge in [0.15, 0.2) is 0 Å². The van der Waals surface area contributed by atoms with Crippen LogP contribution in [0.5, 0.6) is 0 Å². The van der Waals surface area contributed by atoms with E-state index in [2.05, 4.69) is 22.4 Å². The fourth-order valence-corrected chi connectivity index (χ4v) is 4.34. The number of urea groups is 1. The maximum atomic E-state index is 12.8. The molecule has 6 heteroatoms. The van der Waals surface area contributed by atoms with Gasteiger partial charge in [-0.05, 0) is 73.9 Å². The lowest BCUT2D eigenvalue weighted by molar-refractivity contribution is 0.0792. The van der Waals surface area contributed by atoms with E-state index in [0.717, 1.165) is 63.1 Å². The van der Waals surface area contributed by atoms with Gasteiger partial charge < -0.3 is 15.1 Å². The lowest BCUT2D eigenvalue weighted by Crippen LogP contribution is -2.40. The molecule has 0 spiro atoms. The fourth-order valence-electron chi connectivity index (χ4n) is 4.34. The number of pyridine rings is 1. The Labute approximate surface area is 171 Å². The molecule has 0 radical (unpaired) electrons. The molecule has 3 amide bonds. The number of hydrogen-bond acceptors (Lipinski definition) is 3. The van der Waals surface area contributed by atoms with Gasteiger partial charge in [0.25, 0.3) is 5.91 Å². The number of aromatic nitrogens is 1. The van der Waals surface area contributed by atoms with E-state index in [1.165, 1.54) is 5.56 Å². The number of nitrogens with one attached hydrogen (secondary N) is 1. The number of benzene rings is 1. The number of amides is 3. The molecule has 2 saturated heterocycles. The van der Waals surface area contributed by atoms with Gasteiger partial charge >= 0.3 is 6.03 Å². The van der Waals surface area contributed by atoms with Gasteiger partial charge in [0.2, 0.25) is 0 Å². The molecule has 2 aliphatic heterocycles. The smallest absolute Gasteiger partial charge is 0.321 e. The first-order valence-corrected chi connectivity index (χ1v) is 10.5. The standard InChI is InChI=1S/C23H28N4O2/c1-17-20(22(28)26-13-2-3-14-26)5-4-6-21(17)25-23(29)27-15-9-19(10-16-27)18-7-11-24-12-8-18/h4-8,11-12,19H,2-3,9-10,13-16H2,1H3,(H,25,29). The number of nitrogens with zero attached hydrogens (tertiary/aromatic N) is 3.